The minimum atomic E-state index is -0.0283. The molecule has 2 aromatic rings. The molecule has 0 N–H and O–H groups in total. The largest absolute Gasteiger partial charge is 0.347 e. The molecule has 0 atom stereocenters. The smallest absolute Gasteiger partial charge is 0.226 e. The Hall–Kier alpha value is -3.02. The van der Waals surface area contributed by atoms with Crippen LogP contribution in [-0.2, 0) is 7.05 Å². The Morgan fingerprint density at radius 2 is 1.75 bits per heavy atom. The van der Waals surface area contributed by atoms with E-state index in [0.29, 0.717) is 22.8 Å². The summed E-state index contributed by atoms with van der Waals surface area (Å²) in [4.78, 5) is 24.3. The molecule has 2 aliphatic rings. The number of carbonyl (C=O) groups is 1. The lowest BCUT2D eigenvalue weighted by molar-refractivity contribution is 0.105. The number of carbonyl (C=O) groups excluding carboxylic acids is 1. The van der Waals surface area contributed by atoms with Crippen LogP contribution in [0.3, 0.4) is 0 Å². The molecule has 0 saturated carbocycles. The fourth-order valence-corrected chi connectivity index (χ4v) is 3.12. The normalized spacial score (nSPS) is 15.9. The maximum atomic E-state index is 13.2. The van der Waals surface area contributed by atoms with E-state index >= 15 is 0 Å². The van der Waals surface area contributed by atoms with Crippen LogP contribution >= 0.6 is 0 Å². The quantitative estimate of drug-likeness (QED) is 0.808. The van der Waals surface area contributed by atoms with E-state index in [4.69, 9.17) is 0 Å². The monoisotopic (exact) mass is 319 g/mol. The highest BCUT2D eigenvalue weighted by atomic mass is 16.1. The van der Waals surface area contributed by atoms with Crippen LogP contribution in [0.15, 0.2) is 46.1 Å². The zero-order valence-corrected chi connectivity index (χ0v) is 14.0. The number of rotatable bonds is 1. The first-order valence-electron chi connectivity index (χ1n) is 7.71. The fourth-order valence-electron chi connectivity index (χ4n) is 3.12. The number of aliphatic imine (C=N–C) groups is 2. The Balaban J connectivity index is 2.04. The average Bonchev–Trinajstić information content (AvgIpc) is 3.12. The van der Waals surface area contributed by atoms with Crippen molar-refractivity contribution in [2.45, 2.75) is 6.92 Å². The number of hydrogen-bond acceptors (Lipinski definition) is 5. The first kappa shape index (κ1) is 14.6. The Bertz CT molecular complexity index is 975. The van der Waals surface area contributed by atoms with Gasteiger partial charge >= 0.3 is 0 Å². The van der Waals surface area contributed by atoms with E-state index in [-0.39, 0.29) is 5.78 Å². The fraction of sp³-hybridized carbons (Fsp3) is 0.222. The molecule has 2 heterocycles. The van der Waals surface area contributed by atoms with Crippen molar-refractivity contribution in [2.75, 3.05) is 14.1 Å². The van der Waals surface area contributed by atoms with Gasteiger partial charge in [-0.2, -0.15) is 5.10 Å². The van der Waals surface area contributed by atoms with Gasteiger partial charge in [-0.05, 0) is 6.92 Å². The van der Waals surface area contributed by atoms with Gasteiger partial charge in [0, 0.05) is 44.0 Å². The summed E-state index contributed by atoms with van der Waals surface area (Å²) in [5.41, 5.74) is 5.08. The maximum absolute atomic E-state index is 13.2. The van der Waals surface area contributed by atoms with Crippen molar-refractivity contribution in [3.05, 3.63) is 58.5 Å². The summed E-state index contributed by atoms with van der Waals surface area (Å²) >= 11 is 0. The Morgan fingerprint density at radius 1 is 1.04 bits per heavy atom. The Kier molecular flexibility index (Phi) is 3.03. The van der Waals surface area contributed by atoms with Crippen molar-refractivity contribution >= 4 is 23.0 Å². The van der Waals surface area contributed by atoms with Gasteiger partial charge in [0.15, 0.2) is 5.78 Å². The summed E-state index contributed by atoms with van der Waals surface area (Å²) in [6, 6.07) is 7.56. The van der Waals surface area contributed by atoms with Gasteiger partial charge in [-0.15, -0.1) is 0 Å². The number of aromatic nitrogens is 2. The van der Waals surface area contributed by atoms with E-state index in [2.05, 4.69) is 15.1 Å². The predicted octanol–water partition coefficient (Wildman–Crippen LogP) is 2.06. The van der Waals surface area contributed by atoms with Crippen LogP contribution in [0, 0.1) is 6.92 Å². The van der Waals surface area contributed by atoms with Gasteiger partial charge < -0.3 is 4.90 Å². The summed E-state index contributed by atoms with van der Waals surface area (Å²) in [5, 5.41) is 4.38. The first-order chi connectivity index (χ1) is 11.5. The van der Waals surface area contributed by atoms with E-state index in [1.54, 1.807) is 4.68 Å². The molecule has 120 valence electrons. The lowest BCUT2D eigenvalue weighted by atomic mass is 9.84. The third-order valence-corrected chi connectivity index (χ3v) is 4.22. The minimum absolute atomic E-state index is 0.0283. The summed E-state index contributed by atoms with van der Waals surface area (Å²) in [6.07, 6.45) is 1.87. The van der Waals surface area contributed by atoms with E-state index in [9.17, 15) is 4.79 Å². The van der Waals surface area contributed by atoms with Gasteiger partial charge in [-0.25, -0.2) is 9.98 Å². The Labute approximate surface area is 139 Å². The molecular formula is C18H17N5O. The zero-order valence-electron chi connectivity index (χ0n) is 14.0. The lowest BCUT2D eigenvalue weighted by Gasteiger charge is -2.18. The summed E-state index contributed by atoms with van der Waals surface area (Å²) in [7, 11) is 5.63. The van der Waals surface area contributed by atoms with Crippen molar-refractivity contribution in [2.24, 2.45) is 17.0 Å². The van der Waals surface area contributed by atoms with Crippen molar-refractivity contribution < 1.29 is 4.79 Å². The molecule has 1 aliphatic carbocycles. The molecule has 0 spiro atoms. The highest BCUT2D eigenvalue weighted by Gasteiger charge is 2.35. The van der Waals surface area contributed by atoms with Crippen molar-refractivity contribution in [3.63, 3.8) is 0 Å². The number of ketones is 1. The molecule has 1 aliphatic heterocycles. The number of aryl methyl sites for hydroxylation is 2. The van der Waals surface area contributed by atoms with Gasteiger partial charge in [0.05, 0.1) is 11.3 Å². The van der Waals surface area contributed by atoms with Crippen LogP contribution in [0.4, 0.5) is 0 Å². The summed E-state index contributed by atoms with van der Waals surface area (Å²) < 4.78 is 1.72. The molecular weight excluding hydrogens is 302 g/mol. The van der Waals surface area contributed by atoms with E-state index in [0.717, 1.165) is 22.5 Å². The topological polar surface area (TPSA) is 62.9 Å². The molecule has 1 aromatic heterocycles. The number of nitrogens with zero attached hydrogens (tertiary/aromatic N) is 5. The average molecular weight is 319 g/mol. The van der Waals surface area contributed by atoms with Crippen molar-refractivity contribution in [1.29, 1.82) is 0 Å². The predicted molar refractivity (Wildman–Crippen MR) is 93.3 cm³/mol. The summed E-state index contributed by atoms with van der Waals surface area (Å²) in [5.74, 6) is 0.572. The van der Waals surface area contributed by atoms with Gasteiger partial charge in [-0.3, -0.25) is 9.48 Å². The minimum Gasteiger partial charge on any atom is -0.347 e. The van der Waals surface area contributed by atoms with Crippen LogP contribution < -0.4 is 0 Å². The standard InChI is InChI=1S/C18H17N5O/c1-10-13(9-23(4)21-10)14-16-15(19-18(20-16)22(2)3)11-7-5-6-8-12(11)17(14)24/h5-9H,1-4H3. The number of allylic oxidation sites excluding steroid dienone is 2. The molecule has 6 nitrogen and oxygen atoms in total. The van der Waals surface area contributed by atoms with Gasteiger partial charge in [0.25, 0.3) is 0 Å². The van der Waals surface area contributed by atoms with Crippen LogP contribution in [-0.4, -0.2) is 46.2 Å². The number of hydrogen-bond donors (Lipinski definition) is 0. The van der Waals surface area contributed by atoms with E-state index < -0.39 is 0 Å². The van der Waals surface area contributed by atoms with E-state index in [1.807, 2.05) is 63.4 Å². The van der Waals surface area contributed by atoms with Crippen LogP contribution in [0.1, 0.15) is 27.2 Å². The molecule has 0 radical (unpaired) electrons. The molecule has 1 aromatic carbocycles. The SMILES string of the molecule is Cc1nn(C)cc1C1=C2N=C(N(C)C)N=C2c2ccccc2C1=O. The van der Waals surface area contributed by atoms with Crippen LogP contribution in [0.25, 0.3) is 5.57 Å². The molecule has 0 fully saturated rings. The van der Waals surface area contributed by atoms with Crippen LogP contribution in [0.2, 0.25) is 0 Å². The van der Waals surface area contributed by atoms with E-state index in [1.165, 1.54) is 0 Å². The van der Waals surface area contributed by atoms with Gasteiger partial charge in [0.1, 0.15) is 11.4 Å². The number of Topliss-reactive ketones (excluding diaryl/α,β-unsaturated/α-hetero) is 1. The van der Waals surface area contributed by atoms with Gasteiger partial charge in [0.2, 0.25) is 5.96 Å². The first-order valence-corrected chi connectivity index (χ1v) is 7.71. The highest BCUT2D eigenvalue weighted by Crippen LogP contribution is 2.36. The molecule has 0 unspecified atom stereocenters. The summed E-state index contributed by atoms with van der Waals surface area (Å²) in [6.45, 7) is 1.90. The second kappa shape index (κ2) is 4.99. The molecule has 0 amide bonds. The lowest BCUT2D eigenvalue weighted by Crippen LogP contribution is -2.20. The highest BCUT2D eigenvalue weighted by molar-refractivity contribution is 6.43. The second-order valence-electron chi connectivity index (χ2n) is 6.17. The third kappa shape index (κ3) is 1.96. The van der Waals surface area contributed by atoms with Gasteiger partial charge in [-0.1, -0.05) is 24.3 Å². The van der Waals surface area contributed by atoms with Crippen molar-refractivity contribution in [3.8, 4) is 0 Å². The Morgan fingerprint density at radius 3 is 2.38 bits per heavy atom. The molecule has 0 bridgehead atoms. The molecule has 24 heavy (non-hydrogen) atoms. The molecule has 6 heteroatoms. The zero-order chi connectivity index (χ0) is 17.0. The third-order valence-electron chi connectivity index (χ3n) is 4.22. The van der Waals surface area contributed by atoms with Crippen LogP contribution in [0.5, 0.6) is 0 Å². The molecule has 0 saturated heterocycles. The number of fused-ring (bicyclic) bond motifs is 3. The maximum Gasteiger partial charge on any atom is 0.226 e. The molecule has 4 rings (SSSR count). The second-order valence-corrected chi connectivity index (χ2v) is 6.17. The number of benzene rings is 1. The van der Waals surface area contributed by atoms with Crippen molar-refractivity contribution in [1.82, 2.24) is 14.7 Å². The number of guanidine groups is 1.